The molecule has 1 heterocycles. The Labute approximate surface area is 121 Å². The Morgan fingerprint density at radius 2 is 1.86 bits per heavy atom. The maximum Gasteiger partial charge on any atom is 0.258 e. The molecule has 0 bridgehead atoms. The van der Waals surface area contributed by atoms with Crippen LogP contribution in [-0.2, 0) is 0 Å². The molecule has 0 amide bonds. The summed E-state index contributed by atoms with van der Waals surface area (Å²) in [5, 5.41) is 2.70. The second-order valence-corrected chi connectivity index (χ2v) is 4.15. The van der Waals surface area contributed by atoms with Crippen molar-refractivity contribution in [1.29, 1.82) is 0 Å². The maximum absolute atomic E-state index is 13.7. The van der Waals surface area contributed by atoms with E-state index in [9.17, 15) is 8.78 Å². The summed E-state index contributed by atoms with van der Waals surface area (Å²) in [4.78, 5) is 3.81. The molecule has 0 unspecified atom stereocenters. The highest BCUT2D eigenvalue weighted by molar-refractivity contribution is 5.41. The highest BCUT2D eigenvalue weighted by Crippen LogP contribution is 2.28. The zero-order valence-electron chi connectivity index (χ0n) is 11.8. The third-order valence-corrected chi connectivity index (χ3v) is 2.57. The fourth-order valence-corrected chi connectivity index (χ4v) is 1.72. The first kappa shape index (κ1) is 15.0. The van der Waals surface area contributed by atoms with Crippen molar-refractivity contribution >= 4 is 5.82 Å². The highest BCUT2D eigenvalue weighted by Gasteiger charge is 2.13. The van der Waals surface area contributed by atoms with Crippen molar-refractivity contribution in [2.24, 2.45) is 0 Å². The lowest BCUT2D eigenvalue weighted by molar-refractivity contribution is 0.337. The second-order valence-electron chi connectivity index (χ2n) is 4.15. The van der Waals surface area contributed by atoms with E-state index < -0.39 is 11.6 Å². The number of pyridine rings is 1. The van der Waals surface area contributed by atoms with Crippen LogP contribution >= 0.6 is 0 Å². The number of benzene rings is 1. The minimum Gasteiger partial charge on any atom is -0.494 e. The summed E-state index contributed by atoms with van der Waals surface area (Å²) in [6.45, 7) is 4.62. The zero-order valence-corrected chi connectivity index (χ0v) is 11.8. The summed E-state index contributed by atoms with van der Waals surface area (Å²) >= 11 is 0. The lowest BCUT2D eigenvalue weighted by Crippen LogP contribution is -2.04. The second kappa shape index (κ2) is 6.88. The average molecular weight is 294 g/mol. The number of aromatic nitrogens is 1. The molecule has 1 aromatic carbocycles. The molecule has 1 aromatic heterocycles. The first-order valence-corrected chi connectivity index (χ1v) is 6.64. The summed E-state index contributed by atoms with van der Waals surface area (Å²) in [5.41, 5.74) is 0. The van der Waals surface area contributed by atoms with E-state index in [-0.39, 0.29) is 11.7 Å². The largest absolute Gasteiger partial charge is 0.494 e. The fourth-order valence-electron chi connectivity index (χ4n) is 1.72. The average Bonchev–Trinajstić information content (AvgIpc) is 2.45. The molecular weight excluding hydrogens is 278 g/mol. The third kappa shape index (κ3) is 3.81. The van der Waals surface area contributed by atoms with Crippen LogP contribution in [0.2, 0.25) is 0 Å². The summed E-state index contributed by atoms with van der Waals surface area (Å²) < 4.78 is 37.9. The van der Waals surface area contributed by atoms with Gasteiger partial charge < -0.3 is 14.8 Å². The van der Waals surface area contributed by atoms with Crippen LogP contribution in [0.4, 0.5) is 14.6 Å². The molecule has 0 aliphatic carbocycles. The SMILES string of the molecule is CCNc1nc(Oc2cccc(OCC)c2)c(F)cc1F. The van der Waals surface area contributed by atoms with Crippen LogP contribution < -0.4 is 14.8 Å². The lowest BCUT2D eigenvalue weighted by Gasteiger charge is -2.10. The van der Waals surface area contributed by atoms with Crippen LogP contribution in [0.25, 0.3) is 0 Å². The predicted molar refractivity (Wildman–Crippen MR) is 76.0 cm³/mol. The Balaban J connectivity index is 2.26. The van der Waals surface area contributed by atoms with Crippen molar-refractivity contribution in [2.75, 3.05) is 18.5 Å². The van der Waals surface area contributed by atoms with Crippen molar-refractivity contribution in [3.05, 3.63) is 42.0 Å². The summed E-state index contributed by atoms with van der Waals surface area (Å²) in [6.07, 6.45) is 0. The molecule has 4 nitrogen and oxygen atoms in total. The smallest absolute Gasteiger partial charge is 0.258 e. The van der Waals surface area contributed by atoms with E-state index in [1.54, 1.807) is 31.2 Å². The van der Waals surface area contributed by atoms with Crippen molar-refractivity contribution < 1.29 is 18.3 Å². The molecule has 6 heteroatoms. The van der Waals surface area contributed by atoms with Gasteiger partial charge >= 0.3 is 0 Å². The monoisotopic (exact) mass is 294 g/mol. The van der Waals surface area contributed by atoms with E-state index in [1.807, 2.05) is 6.92 Å². The number of rotatable bonds is 6. The summed E-state index contributed by atoms with van der Waals surface area (Å²) in [5.74, 6) is -0.998. The minimum atomic E-state index is -0.865. The topological polar surface area (TPSA) is 43.4 Å². The Hall–Kier alpha value is -2.37. The van der Waals surface area contributed by atoms with E-state index in [2.05, 4.69) is 10.3 Å². The number of halogens is 2. The standard InChI is InChI=1S/C15H16F2N2O2/c1-3-18-14-12(16)9-13(17)15(19-14)21-11-7-5-6-10(8-11)20-4-2/h5-9H,3-4H2,1-2H3,(H,18,19). The van der Waals surface area contributed by atoms with Crippen LogP contribution in [0.3, 0.4) is 0 Å². The van der Waals surface area contributed by atoms with Gasteiger partial charge in [-0.15, -0.1) is 0 Å². The molecule has 21 heavy (non-hydrogen) atoms. The molecule has 0 saturated carbocycles. The predicted octanol–water partition coefficient (Wildman–Crippen LogP) is 3.98. The van der Waals surface area contributed by atoms with E-state index in [4.69, 9.17) is 9.47 Å². The molecular formula is C15H16F2N2O2. The van der Waals surface area contributed by atoms with Crippen LogP contribution in [0.1, 0.15) is 13.8 Å². The Kier molecular flexibility index (Phi) is 4.92. The third-order valence-electron chi connectivity index (χ3n) is 2.57. The van der Waals surface area contributed by atoms with Gasteiger partial charge in [0, 0.05) is 18.7 Å². The van der Waals surface area contributed by atoms with Crippen LogP contribution in [-0.4, -0.2) is 18.1 Å². The number of nitrogens with one attached hydrogen (secondary N) is 1. The summed E-state index contributed by atoms with van der Waals surface area (Å²) in [6, 6.07) is 7.47. The van der Waals surface area contributed by atoms with Crippen LogP contribution in [0, 0.1) is 11.6 Å². The van der Waals surface area contributed by atoms with E-state index in [1.165, 1.54) is 0 Å². The molecule has 0 spiro atoms. The highest BCUT2D eigenvalue weighted by atomic mass is 19.1. The van der Waals surface area contributed by atoms with Gasteiger partial charge in [0.2, 0.25) is 0 Å². The maximum atomic E-state index is 13.7. The van der Waals surface area contributed by atoms with Gasteiger partial charge in [-0.05, 0) is 26.0 Å². The molecule has 0 saturated heterocycles. The van der Waals surface area contributed by atoms with Crippen molar-refractivity contribution in [3.8, 4) is 17.4 Å². The van der Waals surface area contributed by atoms with Crippen LogP contribution in [0.15, 0.2) is 30.3 Å². The van der Waals surface area contributed by atoms with Crippen molar-refractivity contribution in [2.45, 2.75) is 13.8 Å². The fraction of sp³-hybridized carbons (Fsp3) is 0.267. The molecule has 0 atom stereocenters. The van der Waals surface area contributed by atoms with E-state index in [0.717, 1.165) is 6.07 Å². The Bertz CT molecular complexity index is 621. The molecule has 2 rings (SSSR count). The molecule has 0 aliphatic heterocycles. The first-order chi connectivity index (χ1) is 10.1. The Morgan fingerprint density at radius 1 is 1.10 bits per heavy atom. The molecule has 112 valence electrons. The van der Waals surface area contributed by atoms with Crippen LogP contribution in [0.5, 0.6) is 17.4 Å². The van der Waals surface area contributed by atoms with Gasteiger partial charge in [-0.2, -0.15) is 4.98 Å². The number of hydrogen-bond acceptors (Lipinski definition) is 4. The lowest BCUT2D eigenvalue weighted by atomic mass is 10.3. The van der Waals surface area contributed by atoms with Crippen molar-refractivity contribution in [1.82, 2.24) is 4.98 Å². The van der Waals surface area contributed by atoms with Crippen molar-refractivity contribution in [3.63, 3.8) is 0 Å². The summed E-state index contributed by atoms with van der Waals surface area (Å²) in [7, 11) is 0. The molecule has 0 fully saturated rings. The van der Waals surface area contributed by atoms with Gasteiger partial charge in [0.05, 0.1) is 6.61 Å². The number of nitrogens with zero attached hydrogens (tertiary/aromatic N) is 1. The van der Waals surface area contributed by atoms with E-state index in [0.29, 0.717) is 24.7 Å². The molecule has 0 aliphatic rings. The Morgan fingerprint density at radius 3 is 2.57 bits per heavy atom. The minimum absolute atomic E-state index is 0.0464. The van der Waals surface area contributed by atoms with Gasteiger partial charge in [0.15, 0.2) is 17.5 Å². The number of hydrogen-bond donors (Lipinski definition) is 1. The van der Waals surface area contributed by atoms with Gasteiger partial charge in [-0.1, -0.05) is 6.07 Å². The molecule has 2 aromatic rings. The van der Waals surface area contributed by atoms with Gasteiger partial charge in [0.1, 0.15) is 11.5 Å². The van der Waals surface area contributed by atoms with Gasteiger partial charge in [-0.3, -0.25) is 0 Å². The number of anilines is 1. The number of ether oxygens (including phenoxy) is 2. The molecule has 0 radical (unpaired) electrons. The first-order valence-electron chi connectivity index (χ1n) is 6.64. The zero-order chi connectivity index (χ0) is 15.2. The van der Waals surface area contributed by atoms with E-state index >= 15 is 0 Å². The quantitative estimate of drug-likeness (QED) is 0.875. The van der Waals surface area contributed by atoms with Gasteiger partial charge in [0.25, 0.3) is 5.88 Å². The van der Waals surface area contributed by atoms with Gasteiger partial charge in [-0.25, -0.2) is 8.78 Å². The molecule has 1 N–H and O–H groups in total. The normalized spacial score (nSPS) is 10.3.